The second kappa shape index (κ2) is 4.99. The van der Waals surface area contributed by atoms with E-state index in [1.165, 1.54) is 0 Å². The van der Waals surface area contributed by atoms with Gasteiger partial charge in [-0.15, -0.1) is 0 Å². The summed E-state index contributed by atoms with van der Waals surface area (Å²) in [7, 11) is 3.62. The summed E-state index contributed by atoms with van der Waals surface area (Å²) in [5.74, 6) is 0.560. The minimum absolute atomic E-state index is 0.114. The van der Waals surface area contributed by atoms with E-state index in [0.717, 1.165) is 18.7 Å². The van der Waals surface area contributed by atoms with Crippen LogP contribution in [0.5, 0.6) is 5.88 Å². The Labute approximate surface area is 116 Å². The van der Waals surface area contributed by atoms with Gasteiger partial charge in [0.25, 0.3) is 5.91 Å². The largest absolute Gasteiger partial charge is 0.478 e. The lowest BCUT2D eigenvalue weighted by Crippen LogP contribution is -2.27. The van der Waals surface area contributed by atoms with Crippen molar-refractivity contribution >= 4 is 5.91 Å². The van der Waals surface area contributed by atoms with Gasteiger partial charge in [0.05, 0.1) is 18.8 Å². The van der Waals surface area contributed by atoms with Gasteiger partial charge in [-0.3, -0.25) is 9.48 Å². The van der Waals surface area contributed by atoms with Crippen LogP contribution in [0.15, 0.2) is 18.3 Å². The highest BCUT2D eigenvalue weighted by atomic mass is 16.5. The van der Waals surface area contributed by atoms with Crippen LogP contribution in [0.25, 0.3) is 0 Å². The van der Waals surface area contributed by atoms with E-state index < -0.39 is 0 Å². The Bertz CT molecular complexity index is 607. The summed E-state index contributed by atoms with van der Waals surface area (Å²) in [6.45, 7) is 1.98. The van der Waals surface area contributed by atoms with Gasteiger partial charge in [0.1, 0.15) is 0 Å². The highest BCUT2D eigenvalue weighted by molar-refractivity contribution is 5.92. The number of fused-ring (bicyclic) bond motifs is 1. The van der Waals surface area contributed by atoms with Crippen LogP contribution in [0.2, 0.25) is 0 Å². The molecular formula is C13H17N5O2. The van der Waals surface area contributed by atoms with Crippen molar-refractivity contribution in [1.82, 2.24) is 24.5 Å². The molecule has 0 saturated carbocycles. The molecule has 106 valence electrons. The monoisotopic (exact) mass is 275 g/mol. The molecule has 0 atom stereocenters. The van der Waals surface area contributed by atoms with Gasteiger partial charge in [0.15, 0.2) is 5.69 Å². The molecule has 0 fully saturated rings. The fourth-order valence-electron chi connectivity index (χ4n) is 2.24. The summed E-state index contributed by atoms with van der Waals surface area (Å²) in [6.07, 6.45) is 2.64. The first kappa shape index (κ1) is 12.7. The van der Waals surface area contributed by atoms with Crippen molar-refractivity contribution in [3.05, 3.63) is 29.7 Å². The molecule has 0 spiro atoms. The van der Waals surface area contributed by atoms with Crippen molar-refractivity contribution < 1.29 is 9.53 Å². The Morgan fingerprint density at radius 1 is 1.55 bits per heavy atom. The van der Waals surface area contributed by atoms with E-state index in [9.17, 15) is 4.79 Å². The Kier molecular flexibility index (Phi) is 3.17. The lowest BCUT2D eigenvalue weighted by Gasteiger charge is -2.15. The summed E-state index contributed by atoms with van der Waals surface area (Å²) in [4.78, 5) is 14.0. The number of amides is 1. The fraction of sp³-hybridized carbons (Fsp3) is 0.462. The number of hydrogen-bond acceptors (Lipinski definition) is 4. The summed E-state index contributed by atoms with van der Waals surface area (Å²) in [5, 5.41) is 8.40. The second-order valence-electron chi connectivity index (χ2n) is 4.90. The first-order valence-electron chi connectivity index (χ1n) is 6.58. The molecular weight excluding hydrogens is 258 g/mol. The van der Waals surface area contributed by atoms with Crippen molar-refractivity contribution in [3.63, 3.8) is 0 Å². The number of hydrogen-bond donors (Lipinski definition) is 0. The smallest absolute Gasteiger partial charge is 0.274 e. The predicted molar refractivity (Wildman–Crippen MR) is 71.3 cm³/mol. The maximum atomic E-state index is 12.4. The van der Waals surface area contributed by atoms with E-state index in [1.807, 2.05) is 13.1 Å². The Balaban J connectivity index is 1.75. The van der Waals surface area contributed by atoms with E-state index in [2.05, 4.69) is 10.2 Å². The van der Waals surface area contributed by atoms with Crippen LogP contribution >= 0.6 is 0 Å². The van der Waals surface area contributed by atoms with Gasteiger partial charge in [-0.05, 0) is 6.07 Å². The quantitative estimate of drug-likeness (QED) is 0.826. The zero-order valence-corrected chi connectivity index (χ0v) is 11.6. The second-order valence-corrected chi connectivity index (χ2v) is 4.90. The van der Waals surface area contributed by atoms with Crippen LogP contribution in [0, 0.1) is 0 Å². The normalized spacial score (nSPS) is 13.7. The molecule has 0 radical (unpaired) electrons. The average molecular weight is 275 g/mol. The van der Waals surface area contributed by atoms with Gasteiger partial charge in [0.2, 0.25) is 5.88 Å². The molecule has 0 bridgehead atoms. The molecule has 1 aliphatic heterocycles. The number of rotatable bonds is 3. The van der Waals surface area contributed by atoms with Crippen molar-refractivity contribution in [1.29, 1.82) is 0 Å². The highest BCUT2D eigenvalue weighted by Gasteiger charge is 2.21. The molecule has 2 aromatic rings. The van der Waals surface area contributed by atoms with Gasteiger partial charge in [-0.2, -0.15) is 10.2 Å². The molecule has 3 heterocycles. The third-order valence-corrected chi connectivity index (χ3v) is 3.39. The molecule has 0 aromatic carbocycles. The summed E-state index contributed by atoms with van der Waals surface area (Å²) in [6, 6.07) is 3.60. The zero-order valence-electron chi connectivity index (χ0n) is 11.6. The highest BCUT2D eigenvalue weighted by Crippen LogP contribution is 2.19. The fourth-order valence-corrected chi connectivity index (χ4v) is 2.24. The SMILES string of the molecule is CN(Cc1ccnn1C)C(=O)c1cc2n(n1)CCCO2. The first-order valence-corrected chi connectivity index (χ1v) is 6.58. The molecule has 7 heteroatoms. The number of ether oxygens (including phenoxy) is 1. The Hall–Kier alpha value is -2.31. The van der Waals surface area contributed by atoms with Crippen molar-refractivity contribution in [2.75, 3.05) is 13.7 Å². The maximum absolute atomic E-state index is 12.4. The zero-order chi connectivity index (χ0) is 14.1. The van der Waals surface area contributed by atoms with Gasteiger partial charge in [0, 0.05) is 39.3 Å². The Morgan fingerprint density at radius 3 is 3.10 bits per heavy atom. The summed E-state index contributed by atoms with van der Waals surface area (Å²) in [5.41, 5.74) is 1.40. The van der Waals surface area contributed by atoms with Crippen LogP contribution in [-0.2, 0) is 20.1 Å². The van der Waals surface area contributed by atoms with E-state index in [4.69, 9.17) is 4.74 Å². The minimum atomic E-state index is -0.114. The van der Waals surface area contributed by atoms with Crippen LogP contribution in [0.4, 0.5) is 0 Å². The topological polar surface area (TPSA) is 65.2 Å². The van der Waals surface area contributed by atoms with Gasteiger partial charge >= 0.3 is 0 Å². The minimum Gasteiger partial charge on any atom is -0.478 e. The number of carbonyl (C=O) groups excluding carboxylic acids is 1. The summed E-state index contributed by atoms with van der Waals surface area (Å²) >= 11 is 0. The molecule has 2 aromatic heterocycles. The molecule has 0 saturated heterocycles. The van der Waals surface area contributed by atoms with Crippen molar-refractivity contribution in [3.8, 4) is 5.88 Å². The molecule has 0 N–H and O–H groups in total. The van der Waals surface area contributed by atoms with Crippen LogP contribution in [0.1, 0.15) is 22.6 Å². The van der Waals surface area contributed by atoms with Crippen LogP contribution < -0.4 is 4.74 Å². The van der Waals surface area contributed by atoms with Crippen molar-refractivity contribution in [2.24, 2.45) is 7.05 Å². The molecule has 0 unspecified atom stereocenters. The van der Waals surface area contributed by atoms with Gasteiger partial charge < -0.3 is 9.64 Å². The average Bonchev–Trinajstić information content (AvgIpc) is 3.04. The summed E-state index contributed by atoms with van der Waals surface area (Å²) < 4.78 is 8.97. The van der Waals surface area contributed by atoms with E-state index in [-0.39, 0.29) is 5.91 Å². The van der Waals surface area contributed by atoms with Crippen molar-refractivity contribution in [2.45, 2.75) is 19.5 Å². The lowest BCUT2D eigenvalue weighted by atomic mass is 10.3. The van der Waals surface area contributed by atoms with Gasteiger partial charge in [-0.1, -0.05) is 0 Å². The predicted octanol–water partition coefficient (Wildman–Crippen LogP) is 0.671. The molecule has 1 amide bonds. The van der Waals surface area contributed by atoms with Gasteiger partial charge in [-0.25, -0.2) is 4.68 Å². The molecule has 20 heavy (non-hydrogen) atoms. The number of aryl methyl sites for hydroxylation is 2. The van der Waals surface area contributed by atoms with E-state index in [1.54, 1.807) is 33.6 Å². The van der Waals surface area contributed by atoms with E-state index >= 15 is 0 Å². The van der Waals surface area contributed by atoms with Crippen LogP contribution in [0.3, 0.4) is 0 Å². The molecule has 7 nitrogen and oxygen atoms in total. The van der Waals surface area contributed by atoms with E-state index in [0.29, 0.717) is 24.7 Å². The number of aromatic nitrogens is 4. The lowest BCUT2D eigenvalue weighted by molar-refractivity contribution is 0.0775. The maximum Gasteiger partial charge on any atom is 0.274 e. The van der Waals surface area contributed by atoms with Crippen LogP contribution in [-0.4, -0.2) is 44.0 Å². The first-order chi connectivity index (χ1) is 9.65. The molecule has 3 rings (SSSR count). The number of nitrogens with zero attached hydrogens (tertiary/aromatic N) is 5. The Morgan fingerprint density at radius 2 is 2.40 bits per heavy atom. The third kappa shape index (κ3) is 2.26. The standard InChI is InChI=1S/C13H17N5O2/c1-16(9-10-4-5-14-17(10)2)13(19)11-8-12-18(15-11)6-3-7-20-12/h4-5,8H,3,6-7,9H2,1-2H3. The molecule has 0 aliphatic carbocycles. The third-order valence-electron chi connectivity index (χ3n) is 3.39. The number of carbonyl (C=O) groups is 1. The molecule has 1 aliphatic rings.